The lowest BCUT2D eigenvalue weighted by atomic mass is 9.96. The molecule has 0 spiro atoms. The van der Waals surface area contributed by atoms with E-state index in [-0.39, 0.29) is 0 Å². The minimum Gasteiger partial charge on any atom is -0.361 e. The van der Waals surface area contributed by atoms with Crippen LogP contribution in [0.1, 0.15) is 48.8 Å². The van der Waals surface area contributed by atoms with Gasteiger partial charge in [-0.05, 0) is 61.4 Å². The molecule has 1 N–H and O–H groups in total. The molecule has 1 unspecified atom stereocenters. The zero-order chi connectivity index (χ0) is 15.7. The highest BCUT2D eigenvalue weighted by Gasteiger charge is 2.34. The van der Waals surface area contributed by atoms with Gasteiger partial charge in [-0.3, -0.25) is 0 Å². The van der Waals surface area contributed by atoms with Gasteiger partial charge in [0, 0.05) is 13.0 Å². The second-order valence-corrected chi connectivity index (χ2v) is 8.34. The predicted molar refractivity (Wildman–Crippen MR) is 86.9 cm³/mol. The molecule has 1 aromatic rings. The standard InChI is InChI=1S/C17H25NO3S/c1-3-14-15(7-4-12(2)17(14)13-5-6-13)22(19,20)16-8-9-18-10-11-21-16/h4,7,13,16,18H,3,5-6,8-11H2,1-2H3. The second kappa shape index (κ2) is 6.30. The number of rotatable bonds is 4. The van der Waals surface area contributed by atoms with E-state index in [9.17, 15) is 8.42 Å². The number of ether oxygens (including phenoxy) is 1. The molecule has 4 nitrogen and oxygen atoms in total. The first-order valence-corrected chi connectivity index (χ1v) is 9.79. The Kier molecular flexibility index (Phi) is 4.57. The Hall–Kier alpha value is -0.910. The van der Waals surface area contributed by atoms with Crippen LogP contribution < -0.4 is 5.32 Å². The monoisotopic (exact) mass is 323 g/mol. The molecule has 3 rings (SSSR count). The molecule has 5 heteroatoms. The third-order valence-electron chi connectivity index (χ3n) is 4.66. The number of aryl methyl sites for hydroxylation is 1. The Morgan fingerprint density at radius 3 is 2.68 bits per heavy atom. The molecule has 22 heavy (non-hydrogen) atoms. The third-order valence-corrected chi connectivity index (χ3v) is 6.72. The Morgan fingerprint density at radius 2 is 2.00 bits per heavy atom. The first-order chi connectivity index (χ1) is 10.6. The van der Waals surface area contributed by atoms with Crippen LogP contribution in [-0.4, -0.2) is 33.6 Å². The number of sulfone groups is 1. The van der Waals surface area contributed by atoms with Gasteiger partial charge in [-0.25, -0.2) is 8.42 Å². The quantitative estimate of drug-likeness (QED) is 0.925. The van der Waals surface area contributed by atoms with Gasteiger partial charge in [0.1, 0.15) is 0 Å². The van der Waals surface area contributed by atoms with E-state index < -0.39 is 15.3 Å². The molecule has 1 aliphatic heterocycles. The Labute approximate surface area is 133 Å². The lowest BCUT2D eigenvalue weighted by Gasteiger charge is -2.20. The summed E-state index contributed by atoms with van der Waals surface area (Å²) in [5.41, 5.74) is 2.79. The van der Waals surface area contributed by atoms with Crippen molar-refractivity contribution >= 4 is 9.84 Å². The minimum absolute atomic E-state index is 0.451. The zero-order valence-corrected chi connectivity index (χ0v) is 14.2. The molecule has 2 fully saturated rings. The third kappa shape index (κ3) is 2.94. The molecule has 1 aliphatic carbocycles. The highest BCUT2D eigenvalue weighted by Crippen LogP contribution is 2.45. The van der Waals surface area contributed by atoms with Crippen LogP contribution in [0.15, 0.2) is 17.0 Å². The summed E-state index contributed by atoms with van der Waals surface area (Å²) in [6, 6.07) is 3.76. The molecule has 1 atom stereocenters. The first-order valence-electron chi connectivity index (χ1n) is 8.24. The molecular formula is C17H25NO3S. The van der Waals surface area contributed by atoms with Gasteiger partial charge in [-0.1, -0.05) is 13.0 Å². The van der Waals surface area contributed by atoms with Crippen LogP contribution in [0.3, 0.4) is 0 Å². The maximum atomic E-state index is 13.1. The molecule has 122 valence electrons. The lowest BCUT2D eigenvalue weighted by Crippen LogP contribution is -2.26. The van der Waals surface area contributed by atoms with Gasteiger partial charge < -0.3 is 10.1 Å². The lowest BCUT2D eigenvalue weighted by molar-refractivity contribution is 0.118. The maximum absolute atomic E-state index is 13.1. The smallest absolute Gasteiger partial charge is 0.205 e. The molecule has 1 saturated heterocycles. The summed E-state index contributed by atoms with van der Waals surface area (Å²) in [4.78, 5) is 0.495. The molecule has 0 aromatic heterocycles. The summed E-state index contributed by atoms with van der Waals surface area (Å²) in [5, 5.41) is 3.19. The van der Waals surface area contributed by atoms with E-state index in [1.54, 1.807) is 6.07 Å². The van der Waals surface area contributed by atoms with E-state index in [1.807, 2.05) is 6.07 Å². The van der Waals surface area contributed by atoms with Gasteiger partial charge >= 0.3 is 0 Å². The van der Waals surface area contributed by atoms with Crippen molar-refractivity contribution < 1.29 is 13.2 Å². The number of nitrogens with one attached hydrogen (secondary N) is 1. The topological polar surface area (TPSA) is 55.4 Å². The Bertz CT molecular complexity index is 642. The van der Waals surface area contributed by atoms with E-state index in [1.165, 1.54) is 24.0 Å². The van der Waals surface area contributed by atoms with Crippen molar-refractivity contribution in [3.63, 3.8) is 0 Å². The summed E-state index contributed by atoms with van der Waals surface area (Å²) in [5.74, 6) is 0.557. The molecule has 0 radical (unpaired) electrons. The normalized spacial score (nSPS) is 23.3. The van der Waals surface area contributed by atoms with E-state index in [4.69, 9.17) is 4.74 Å². The van der Waals surface area contributed by atoms with Crippen molar-refractivity contribution in [3.05, 3.63) is 28.8 Å². The predicted octanol–water partition coefficient (Wildman–Crippen LogP) is 2.54. The summed E-state index contributed by atoms with van der Waals surface area (Å²) in [6.07, 6.45) is 3.63. The van der Waals surface area contributed by atoms with Gasteiger partial charge in [-0.15, -0.1) is 0 Å². The average molecular weight is 323 g/mol. The second-order valence-electron chi connectivity index (χ2n) is 6.28. The molecule has 1 aromatic carbocycles. The van der Waals surface area contributed by atoms with E-state index in [0.717, 1.165) is 12.0 Å². The summed E-state index contributed by atoms with van der Waals surface area (Å²) >= 11 is 0. The van der Waals surface area contributed by atoms with Crippen molar-refractivity contribution in [2.75, 3.05) is 19.7 Å². The van der Waals surface area contributed by atoms with Crippen LogP contribution in [-0.2, 0) is 21.0 Å². The van der Waals surface area contributed by atoms with Crippen molar-refractivity contribution in [2.24, 2.45) is 0 Å². The van der Waals surface area contributed by atoms with Crippen LogP contribution in [0.2, 0.25) is 0 Å². The maximum Gasteiger partial charge on any atom is 0.205 e. The SMILES string of the molecule is CCc1c(S(=O)(=O)C2CCNCCO2)ccc(C)c1C1CC1. The summed E-state index contributed by atoms with van der Waals surface area (Å²) in [7, 11) is -3.44. The highest BCUT2D eigenvalue weighted by atomic mass is 32.2. The van der Waals surface area contributed by atoms with Crippen LogP contribution >= 0.6 is 0 Å². The van der Waals surface area contributed by atoms with Gasteiger partial charge in [0.25, 0.3) is 0 Å². The fraction of sp³-hybridized carbons (Fsp3) is 0.647. The van der Waals surface area contributed by atoms with Gasteiger partial charge in [0.2, 0.25) is 9.84 Å². The van der Waals surface area contributed by atoms with Gasteiger partial charge in [0.15, 0.2) is 5.44 Å². The van der Waals surface area contributed by atoms with Crippen molar-refractivity contribution in [2.45, 2.75) is 55.8 Å². The molecule has 0 bridgehead atoms. The van der Waals surface area contributed by atoms with Crippen LogP contribution in [0.5, 0.6) is 0 Å². The van der Waals surface area contributed by atoms with Crippen LogP contribution in [0, 0.1) is 6.92 Å². The summed E-state index contributed by atoms with van der Waals surface area (Å²) < 4.78 is 31.8. The number of hydrogen-bond acceptors (Lipinski definition) is 4. The molecular weight excluding hydrogens is 298 g/mol. The molecule has 1 saturated carbocycles. The number of hydrogen-bond donors (Lipinski definition) is 1. The fourth-order valence-corrected chi connectivity index (χ4v) is 5.25. The van der Waals surface area contributed by atoms with Crippen molar-refractivity contribution in [3.8, 4) is 0 Å². The van der Waals surface area contributed by atoms with E-state index in [0.29, 0.717) is 36.9 Å². The van der Waals surface area contributed by atoms with E-state index in [2.05, 4.69) is 19.2 Å². The Balaban J connectivity index is 2.04. The van der Waals surface area contributed by atoms with Crippen molar-refractivity contribution in [1.29, 1.82) is 0 Å². The molecule has 2 aliphatic rings. The van der Waals surface area contributed by atoms with Crippen molar-refractivity contribution in [1.82, 2.24) is 5.32 Å². The largest absolute Gasteiger partial charge is 0.361 e. The minimum atomic E-state index is -3.44. The summed E-state index contributed by atoms with van der Waals surface area (Å²) in [6.45, 7) is 6.00. The fourth-order valence-electron chi connectivity index (χ4n) is 3.41. The van der Waals surface area contributed by atoms with E-state index >= 15 is 0 Å². The highest BCUT2D eigenvalue weighted by molar-refractivity contribution is 7.92. The van der Waals surface area contributed by atoms with Gasteiger partial charge in [-0.2, -0.15) is 0 Å². The average Bonchev–Trinajstić information content (AvgIpc) is 3.32. The van der Waals surface area contributed by atoms with Crippen LogP contribution in [0.4, 0.5) is 0 Å². The first kappa shape index (κ1) is 16.0. The Morgan fingerprint density at radius 1 is 1.23 bits per heavy atom. The zero-order valence-electron chi connectivity index (χ0n) is 13.4. The van der Waals surface area contributed by atoms with Gasteiger partial charge in [0.05, 0.1) is 11.5 Å². The molecule has 0 amide bonds. The number of benzene rings is 1. The molecule has 1 heterocycles. The van der Waals surface area contributed by atoms with Crippen LogP contribution in [0.25, 0.3) is 0 Å².